The number of nitrogens with one attached hydrogen (secondary N) is 1. The standard InChI is InChI=1S/C12H9ClF2N2O2S/c13-12-6-10(3-4-16-12)20(18,19)17-7-8-5-9(14)1-2-11(8)15/h1-6,17H,7H2. The Hall–Kier alpha value is -1.57. The van der Waals surface area contributed by atoms with Crippen LogP contribution in [-0.2, 0) is 16.6 Å². The number of benzene rings is 1. The van der Waals surface area contributed by atoms with Gasteiger partial charge in [-0.15, -0.1) is 0 Å². The highest BCUT2D eigenvalue weighted by Gasteiger charge is 2.15. The van der Waals surface area contributed by atoms with Crippen LogP contribution in [0.2, 0.25) is 5.15 Å². The predicted octanol–water partition coefficient (Wildman–Crippen LogP) is 2.49. The van der Waals surface area contributed by atoms with E-state index in [0.717, 1.165) is 24.3 Å². The van der Waals surface area contributed by atoms with E-state index >= 15 is 0 Å². The quantitative estimate of drug-likeness (QED) is 0.881. The van der Waals surface area contributed by atoms with E-state index in [-0.39, 0.29) is 22.2 Å². The molecule has 0 spiro atoms. The van der Waals surface area contributed by atoms with Crippen LogP contribution >= 0.6 is 11.6 Å². The van der Waals surface area contributed by atoms with E-state index in [9.17, 15) is 17.2 Å². The first kappa shape index (κ1) is 14.8. The van der Waals surface area contributed by atoms with Crippen LogP contribution in [0.25, 0.3) is 0 Å². The third kappa shape index (κ3) is 3.50. The Morgan fingerprint density at radius 3 is 2.65 bits per heavy atom. The summed E-state index contributed by atoms with van der Waals surface area (Å²) in [5, 5.41) is 0.0183. The number of aromatic nitrogens is 1. The molecule has 0 saturated heterocycles. The maximum Gasteiger partial charge on any atom is 0.241 e. The van der Waals surface area contributed by atoms with E-state index in [1.807, 2.05) is 0 Å². The largest absolute Gasteiger partial charge is 0.244 e. The lowest BCUT2D eigenvalue weighted by molar-refractivity contribution is 0.567. The lowest BCUT2D eigenvalue weighted by Crippen LogP contribution is -2.23. The van der Waals surface area contributed by atoms with Gasteiger partial charge >= 0.3 is 0 Å². The fraction of sp³-hybridized carbons (Fsp3) is 0.0833. The fourth-order valence-electron chi connectivity index (χ4n) is 1.49. The summed E-state index contributed by atoms with van der Waals surface area (Å²) in [7, 11) is -3.87. The molecule has 2 aromatic rings. The van der Waals surface area contributed by atoms with Crippen molar-refractivity contribution in [2.75, 3.05) is 0 Å². The maximum atomic E-state index is 13.4. The lowest BCUT2D eigenvalue weighted by Gasteiger charge is -2.07. The fourth-order valence-corrected chi connectivity index (χ4v) is 2.74. The van der Waals surface area contributed by atoms with Crippen molar-refractivity contribution in [2.24, 2.45) is 0 Å². The second-order valence-electron chi connectivity index (χ2n) is 3.87. The van der Waals surface area contributed by atoms with Crippen molar-refractivity contribution in [1.29, 1.82) is 0 Å². The van der Waals surface area contributed by atoms with Gasteiger partial charge < -0.3 is 0 Å². The average Bonchev–Trinajstić information content (AvgIpc) is 2.40. The van der Waals surface area contributed by atoms with Crippen LogP contribution in [0.15, 0.2) is 41.4 Å². The number of hydrogen-bond acceptors (Lipinski definition) is 3. The Labute approximate surface area is 119 Å². The molecule has 4 nitrogen and oxygen atoms in total. The monoisotopic (exact) mass is 318 g/mol. The summed E-state index contributed by atoms with van der Waals surface area (Å²) >= 11 is 5.60. The van der Waals surface area contributed by atoms with Gasteiger partial charge in [-0.05, 0) is 30.3 Å². The molecule has 106 valence electrons. The van der Waals surface area contributed by atoms with Gasteiger partial charge in [0.1, 0.15) is 16.8 Å². The van der Waals surface area contributed by atoms with Crippen LogP contribution in [0, 0.1) is 11.6 Å². The van der Waals surface area contributed by atoms with Crippen molar-refractivity contribution < 1.29 is 17.2 Å². The average molecular weight is 319 g/mol. The molecular weight excluding hydrogens is 310 g/mol. The van der Waals surface area contributed by atoms with Gasteiger partial charge in [-0.25, -0.2) is 26.9 Å². The SMILES string of the molecule is O=S(=O)(NCc1cc(F)ccc1F)c1ccnc(Cl)c1. The normalized spacial score (nSPS) is 11.6. The zero-order valence-electron chi connectivity index (χ0n) is 9.98. The van der Waals surface area contributed by atoms with Crippen molar-refractivity contribution in [3.05, 3.63) is 58.9 Å². The van der Waals surface area contributed by atoms with E-state index in [2.05, 4.69) is 9.71 Å². The van der Waals surface area contributed by atoms with E-state index in [1.165, 1.54) is 12.3 Å². The van der Waals surface area contributed by atoms with E-state index in [0.29, 0.717) is 0 Å². The predicted molar refractivity (Wildman–Crippen MR) is 69.6 cm³/mol. The topological polar surface area (TPSA) is 59.1 Å². The Morgan fingerprint density at radius 2 is 1.95 bits per heavy atom. The minimum absolute atomic E-state index is 0.0183. The zero-order chi connectivity index (χ0) is 14.8. The number of rotatable bonds is 4. The molecule has 2 rings (SSSR count). The van der Waals surface area contributed by atoms with E-state index < -0.39 is 21.7 Å². The molecule has 0 saturated carbocycles. The van der Waals surface area contributed by atoms with Gasteiger partial charge in [0.15, 0.2) is 0 Å². The second kappa shape index (κ2) is 5.82. The van der Waals surface area contributed by atoms with Gasteiger partial charge in [0.05, 0.1) is 4.90 Å². The van der Waals surface area contributed by atoms with Crippen LogP contribution < -0.4 is 4.72 Å². The molecule has 0 amide bonds. The smallest absolute Gasteiger partial charge is 0.241 e. The summed E-state index contributed by atoms with van der Waals surface area (Å²) in [6, 6.07) is 5.22. The van der Waals surface area contributed by atoms with Gasteiger partial charge in [0.2, 0.25) is 10.0 Å². The minimum atomic E-state index is -3.87. The number of nitrogens with zero attached hydrogens (tertiary/aromatic N) is 1. The van der Waals surface area contributed by atoms with Gasteiger partial charge in [0, 0.05) is 18.3 Å². The molecule has 0 aliphatic heterocycles. The summed E-state index contributed by atoms with van der Waals surface area (Å²) in [5.41, 5.74) is -0.0891. The van der Waals surface area contributed by atoms with Crippen LogP contribution in [-0.4, -0.2) is 13.4 Å². The molecule has 1 aromatic carbocycles. The molecule has 0 bridgehead atoms. The third-order valence-electron chi connectivity index (χ3n) is 2.47. The van der Waals surface area contributed by atoms with Crippen molar-refractivity contribution in [3.8, 4) is 0 Å². The van der Waals surface area contributed by atoms with Crippen molar-refractivity contribution in [3.63, 3.8) is 0 Å². The van der Waals surface area contributed by atoms with Gasteiger partial charge in [-0.1, -0.05) is 11.6 Å². The molecule has 1 heterocycles. The van der Waals surface area contributed by atoms with Gasteiger partial charge in [-0.2, -0.15) is 0 Å². The van der Waals surface area contributed by atoms with Crippen LogP contribution in [0.1, 0.15) is 5.56 Å². The first-order valence-corrected chi connectivity index (χ1v) is 7.30. The summed E-state index contributed by atoms with van der Waals surface area (Å²) in [6.07, 6.45) is 1.24. The Kier molecular flexibility index (Phi) is 4.32. The Balaban J connectivity index is 2.19. The molecule has 0 radical (unpaired) electrons. The molecule has 0 unspecified atom stereocenters. The first-order valence-electron chi connectivity index (χ1n) is 5.43. The Bertz CT molecular complexity index is 738. The highest BCUT2D eigenvalue weighted by molar-refractivity contribution is 7.89. The highest BCUT2D eigenvalue weighted by atomic mass is 35.5. The second-order valence-corrected chi connectivity index (χ2v) is 6.03. The van der Waals surface area contributed by atoms with Crippen LogP contribution in [0.3, 0.4) is 0 Å². The molecule has 1 N–H and O–H groups in total. The van der Waals surface area contributed by atoms with Crippen LogP contribution in [0.5, 0.6) is 0 Å². The molecule has 0 aliphatic carbocycles. The van der Waals surface area contributed by atoms with Gasteiger partial charge in [0.25, 0.3) is 0 Å². The number of pyridine rings is 1. The number of halogens is 3. The lowest BCUT2D eigenvalue weighted by atomic mass is 10.2. The maximum absolute atomic E-state index is 13.4. The Morgan fingerprint density at radius 1 is 1.20 bits per heavy atom. The summed E-state index contributed by atoms with van der Waals surface area (Å²) < 4.78 is 52.4. The summed E-state index contributed by atoms with van der Waals surface area (Å²) in [4.78, 5) is 3.56. The number of hydrogen-bond donors (Lipinski definition) is 1. The molecule has 0 fully saturated rings. The van der Waals surface area contributed by atoms with Crippen LogP contribution in [0.4, 0.5) is 8.78 Å². The highest BCUT2D eigenvalue weighted by Crippen LogP contribution is 2.14. The third-order valence-corrected chi connectivity index (χ3v) is 4.07. The van der Waals surface area contributed by atoms with Crippen molar-refractivity contribution in [1.82, 2.24) is 9.71 Å². The van der Waals surface area contributed by atoms with Gasteiger partial charge in [-0.3, -0.25) is 0 Å². The summed E-state index contributed by atoms with van der Waals surface area (Å²) in [5.74, 6) is -1.34. The molecule has 1 aromatic heterocycles. The van der Waals surface area contributed by atoms with E-state index in [1.54, 1.807) is 0 Å². The minimum Gasteiger partial charge on any atom is -0.244 e. The molecule has 20 heavy (non-hydrogen) atoms. The molecular formula is C12H9ClF2N2O2S. The first-order chi connectivity index (χ1) is 9.38. The molecule has 0 aliphatic rings. The molecule has 8 heteroatoms. The molecule has 0 atom stereocenters. The van der Waals surface area contributed by atoms with E-state index in [4.69, 9.17) is 11.6 Å². The number of sulfonamides is 1. The van der Waals surface area contributed by atoms with Crippen molar-refractivity contribution >= 4 is 21.6 Å². The zero-order valence-corrected chi connectivity index (χ0v) is 11.5. The summed E-state index contributed by atoms with van der Waals surface area (Å²) in [6.45, 7) is -0.369. The van der Waals surface area contributed by atoms with Crippen molar-refractivity contribution in [2.45, 2.75) is 11.4 Å².